The summed E-state index contributed by atoms with van der Waals surface area (Å²) in [6.07, 6.45) is -0.264. The number of methoxy groups -OCH3 is 1. The SMILES string of the molecule is COc1ccc(Br)c(CC(O)c2ccc(Cl)cc2N)c1. The number of anilines is 1. The number of halogens is 2. The molecule has 0 bridgehead atoms. The molecule has 2 aromatic rings. The molecule has 0 aliphatic rings. The van der Waals surface area contributed by atoms with Crippen molar-refractivity contribution in [1.82, 2.24) is 0 Å². The third-order valence-electron chi connectivity index (χ3n) is 3.07. The fourth-order valence-corrected chi connectivity index (χ4v) is 2.59. The van der Waals surface area contributed by atoms with E-state index in [1.807, 2.05) is 18.2 Å². The minimum Gasteiger partial charge on any atom is -0.497 e. The molecule has 3 nitrogen and oxygen atoms in total. The topological polar surface area (TPSA) is 55.5 Å². The lowest BCUT2D eigenvalue weighted by Crippen LogP contribution is -2.06. The number of hydrogen-bond acceptors (Lipinski definition) is 3. The molecule has 5 heteroatoms. The van der Waals surface area contributed by atoms with Crippen LogP contribution in [0.5, 0.6) is 5.75 Å². The van der Waals surface area contributed by atoms with Crippen LogP contribution >= 0.6 is 27.5 Å². The fraction of sp³-hybridized carbons (Fsp3) is 0.200. The molecule has 1 unspecified atom stereocenters. The highest BCUT2D eigenvalue weighted by molar-refractivity contribution is 9.10. The van der Waals surface area contributed by atoms with Crippen LogP contribution in [0.4, 0.5) is 5.69 Å². The molecule has 0 saturated heterocycles. The van der Waals surface area contributed by atoms with Crippen LogP contribution in [-0.2, 0) is 6.42 Å². The maximum atomic E-state index is 10.3. The van der Waals surface area contributed by atoms with E-state index in [-0.39, 0.29) is 0 Å². The number of aliphatic hydroxyl groups excluding tert-OH is 1. The molecule has 106 valence electrons. The molecule has 2 rings (SSSR count). The Labute approximate surface area is 131 Å². The quantitative estimate of drug-likeness (QED) is 0.815. The maximum Gasteiger partial charge on any atom is 0.119 e. The second-order valence-corrected chi connectivity index (χ2v) is 5.74. The molecule has 0 aliphatic heterocycles. The highest BCUT2D eigenvalue weighted by atomic mass is 79.9. The van der Waals surface area contributed by atoms with E-state index in [4.69, 9.17) is 22.1 Å². The van der Waals surface area contributed by atoms with Gasteiger partial charge in [-0.1, -0.05) is 33.6 Å². The van der Waals surface area contributed by atoms with Gasteiger partial charge in [0.05, 0.1) is 13.2 Å². The summed E-state index contributed by atoms with van der Waals surface area (Å²) in [5.74, 6) is 0.750. The molecule has 0 saturated carbocycles. The first-order chi connectivity index (χ1) is 9.51. The van der Waals surface area contributed by atoms with Crippen molar-refractivity contribution in [3.8, 4) is 5.75 Å². The van der Waals surface area contributed by atoms with Crippen LogP contribution in [-0.4, -0.2) is 12.2 Å². The molecular weight excluding hydrogens is 342 g/mol. The number of nitrogen functional groups attached to an aromatic ring is 1. The summed E-state index contributed by atoms with van der Waals surface area (Å²) in [7, 11) is 1.61. The van der Waals surface area contributed by atoms with Gasteiger partial charge in [0.25, 0.3) is 0 Å². The Bertz CT molecular complexity index is 619. The number of nitrogens with two attached hydrogens (primary N) is 1. The van der Waals surface area contributed by atoms with Gasteiger partial charge >= 0.3 is 0 Å². The normalized spacial score (nSPS) is 12.2. The van der Waals surface area contributed by atoms with Gasteiger partial charge in [0, 0.05) is 27.2 Å². The fourth-order valence-electron chi connectivity index (χ4n) is 2.00. The van der Waals surface area contributed by atoms with E-state index < -0.39 is 6.10 Å². The molecule has 1 atom stereocenters. The number of benzene rings is 2. The van der Waals surface area contributed by atoms with Crippen molar-refractivity contribution in [1.29, 1.82) is 0 Å². The lowest BCUT2D eigenvalue weighted by atomic mass is 10.00. The molecule has 0 radical (unpaired) electrons. The van der Waals surface area contributed by atoms with Crippen molar-refractivity contribution in [2.45, 2.75) is 12.5 Å². The van der Waals surface area contributed by atoms with E-state index in [9.17, 15) is 5.11 Å². The predicted octanol–water partition coefficient (Wildman–Crippen LogP) is 3.97. The minimum atomic E-state index is -0.698. The Balaban J connectivity index is 2.25. The Hall–Kier alpha value is -1.23. The van der Waals surface area contributed by atoms with Crippen LogP contribution in [0.2, 0.25) is 5.02 Å². The largest absolute Gasteiger partial charge is 0.497 e. The second-order valence-electron chi connectivity index (χ2n) is 4.45. The van der Waals surface area contributed by atoms with E-state index in [0.717, 1.165) is 15.8 Å². The van der Waals surface area contributed by atoms with Gasteiger partial charge in [-0.15, -0.1) is 0 Å². The molecule has 0 spiro atoms. The van der Waals surface area contributed by atoms with E-state index in [2.05, 4.69) is 15.9 Å². The Morgan fingerprint density at radius 1 is 1.30 bits per heavy atom. The predicted molar refractivity (Wildman–Crippen MR) is 85.2 cm³/mol. The third kappa shape index (κ3) is 3.45. The Morgan fingerprint density at radius 2 is 2.05 bits per heavy atom. The highest BCUT2D eigenvalue weighted by Gasteiger charge is 2.14. The van der Waals surface area contributed by atoms with Crippen molar-refractivity contribution in [2.24, 2.45) is 0 Å². The van der Waals surface area contributed by atoms with Crippen LogP contribution in [0.25, 0.3) is 0 Å². The maximum absolute atomic E-state index is 10.3. The number of aliphatic hydroxyl groups is 1. The van der Waals surface area contributed by atoms with Crippen LogP contribution in [0.1, 0.15) is 17.2 Å². The van der Waals surface area contributed by atoms with Crippen molar-refractivity contribution < 1.29 is 9.84 Å². The summed E-state index contributed by atoms with van der Waals surface area (Å²) in [6, 6.07) is 10.7. The Kier molecular flexibility index (Phi) is 4.91. The van der Waals surface area contributed by atoms with Crippen LogP contribution in [0, 0.1) is 0 Å². The summed E-state index contributed by atoms with van der Waals surface area (Å²) < 4.78 is 6.11. The van der Waals surface area contributed by atoms with Gasteiger partial charge in [0.15, 0.2) is 0 Å². The third-order valence-corrected chi connectivity index (χ3v) is 4.08. The molecule has 0 aromatic heterocycles. The van der Waals surface area contributed by atoms with Gasteiger partial charge in [-0.3, -0.25) is 0 Å². The van der Waals surface area contributed by atoms with Crippen molar-refractivity contribution in [3.63, 3.8) is 0 Å². The van der Waals surface area contributed by atoms with Gasteiger partial charge in [-0.2, -0.15) is 0 Å². The zero-order valence-electron chi connectivity index (χ0n) is 10.9. The number of ether oxygens (including phenoxy) is 1. The molecule has 0 fully saturated rings. The smallest absolute Gasteiger partial charge is 0.119 e. The van der Waals surface area contributed by atoms with E-state index in [0.29, 0.717) is 22.7 Å². The lowest BCUT2D eigenvalue weighted by Gasteiger charge is -2.15. The summed E-state index contributed by atoms with van der Waals surface area (Å²) in [4.78, 5) is 0. The molecule has 3 N–H and O–H groups in total. The van der Waals surface area contributed by atoms with Gasteiger partial charge in [0.1, 0.15) is 5.75 Å². The van der Waals surface area contributed by atoms with Gasteiger partial charge < -0.3 is 15.6 Å². The van der Waals surface area contributed by atoms with Gasteiger partial charge in [-0.05, 0) is 35.9 Å². The monoisotopic (exact) mass is 355 g/mol. The van der Waals surface area contributed by atoms with E-state index in [1.54, 1.807) is 25.3 Å². The molecule has 2 aromatic carbocycles. The summed E-state index contributed by atoms with van der Waals surface area (Å²) >= 11 is 9.33. The van der Waals surface area contributed by atoms with Crippen LogP contribution in [0.15, 0.2) is 40.9 Å². The number of hydrogen-bond donors (Lipinski definition) is 2. The Morgan fingerprint density at radius 3 is 2.70 bits per heavy atom. The second kappa shape index (κ2) is 6.48. The average Bonchev–Trinajstić information content (AvgIpc) is 2.41. The standard InChI is InChI=1S/C15H15BrClNO2/c1-20-11-3-5-13(16)9(6-11)7-15(19)12-4-2-10(17)8-14(12)18/h2-6,8,15,19H,7,18H2,1H3. The van der Waals surface area contributed by atoms with E-state index >= 15 is 0 Å². The summed E-state index contributed by atoms with van der Waals surface area (Å²) in [6.45, 7) is 0. The van der Waals surface area contributed by atoms with Crippen molar-refractivity contribution in [3.05, 3.63) is 57.0 Å². The summed E-state index contributed by atoms with van der Waals surface area (Å²) in [5.41, 5.74) is 8.00. The first kappa shape index (κ1) is 15.2. The van der Waals surface area contributed by atoms with Gasteiger partial charge in [-0.25, -0.2) is 0 Å². The van der Waals surface area contributed by atoms with Crippen molar-refractivity contribution in [2.75, 3.05) is 12.8 Å². The molecule has 0 heterocycles. The molecular formula is C15H15BrClNO2. The first-order valence-electron chi connectivity index (χ1n) is 6.06. The average molecular weight is 357 g/mol. The molecule has 20 heavy (non-hydrogen) atoms. The lowest BCUT2D eigenvalue weighted by molar-refractivity contribution is 0.179. The minimum absolute atomic E-state index is 0.434. The highest BCUT2D eigenvalue weighted by Crippen LogP contribution is 2.30. The first-order valence-corrected chi connectivity index (χ1v) is 7.23. The molecule has 0 amide bonds. The van der Waals surface area contributed by atoms with Gasteiger partial charge in [0.2, 0.25) is 0 Å². The van der Waals surface area contributed by atoms with Crippen LogP contribution < -0.4 is 10.5 Å². The molecule has 0 aliphatic carbocycles. The van der Waals surface area contributed by atoms with Crippen LogP contribution in [0.3, 0.4) is 0 Å². The summed E-state index contributed by atoms with van der Waals surface area (Å²) in [5, 5.41) is 10.9. The number of rotatable bonds is 4. The zero-order chi connectivity index (χ0) is 14.7. The zero-order valence-corrected chi connectivity index (χ0v) is 13.3. The van der Waals surface area contributed by atoms with E-state index in [1.165, 1.54) is 0 Å². The van der Waals surface area contributed by atoms with Crippen molar-refractivity contribution >= 4 is 33.2 Å².